The summed E-state index contributed by atoms with van der Waals surface area (Å²) in [4.78, 5) is 47.3. The van der Waals surface area contributed by atoms with E-state index in [1.807, 2.05) is 42.5 Å². The predicted octanol–water partition coefficient (Wildman–Crippen LogP) is 9.28. The van der Waals surface area contributed by atoms with E-state index >= 15 is 0 Å². The van der Waals surface area contributed by atoms with Crippen LogP contribution in [0, 0.1) is 11.6 Å². The molecule has 0 radical (unpaired) electrons. The molecule has 4 N–H and O–H groups in total. The average Bonchev–Trinajstić information content (AvgIpc) is 4.17. The summed E-state index contributed by atoms with van der Waals surface area (Å²) in [5.41, 5.74) is 0.772. The normalized spacial score (nSPS) is 21.2. The van der Waals surface area contributed by atoms with Crippen molar-refractivity contribution in [3.8, 4) is 39.4 Å². The second kappa shape index (κ2) is 18.9. The second-order valence-electron chi connectivity index (χ2n) is 18.1. The fraction of sp³-hybridized carbons (Fsp3) is 0.385. The largest absolute Gasteiger partial charge is 0.493 e. The maximum Gasteiger partial charge on any atom is 0.259 e. The standard InChI is InChI=1S/C52H56F2N6O6/c1-51(63,38-14-7-9-16-40(38)53)49(61)59-25-13-18-44(59)47-55-30-42(57-47)34-21-19-33(20-22-34)35-23-24-37-43-31-56-48(58-43)45-29-36(65-26-11-5-3-4-6-12-27-66-46(37)28-35)32-60(45)50(62)52(2,64)39-15-8-10-17-41(39)54/h7-10,14-17,19-24,28,30-31,36,44-45,63-64H,3-6,11-13,18,25-27,29,32H2,1-2H3,(H,55,57)(H,56,58)/t36-,44-,45-,51-,52-/m0/s1. The van der Waals surface area contributed by atoms with Gasteiger partial charge >= 0.3 is 0 Å². The van der Waals surface area contributed by atoms with Gasteiger partial charge in [-0.1, -0.05) is 92.4 Å². The average molecular weight is 899 g/mol. The maximum absolute atomic E-state index is 15.0. The van der Waals surface area contributed by atoms with Gasteiger partial charge in [-0.15, -0.1) is 0 Å². The first kappa shape index (κ1) is 45.0. The van der Waals surface area contributed by atoms with Crippen molar-refractivity contribution in [2.75, 3.05) is 26.3 Å². The molecule has 344 valence electrons. The Bertz CT molecular complexity index is 2680. The van der Waals surface area contributed by atoms with E-state index in [1.54, 1.807) is 34.3 Å². The lowest BCUT2D eigenvalue weighted by Crippen LogP contribution is -2.46. The number of likely N-dealkylation sites (tertiary alicyclic amines) is 2. The Morgan fingerprint density at radius 2 is 1.23 bits per heavy atom. The number of nitrogens with zero attached hydrogens (tertiary/aromatic N) is 4. The third-order valence-corrected chi connectivity index (χ3v) is 13.4. The third-order valence-electron chi connectivity index (χ3n) is 13.4. The van der Waals surface area contributed by atoms with E-state index in [0.29, 0.717) is 55.7 Å². The SMILES string of the molecule is C[C@@](O)(C(=O)N1CCC[C@H]1c1ncc(-c2ccc(-c3ccc4c(c3)OCCCCCCCCO[C@H]3C[C@@H](c5ncc-4[nH]5)N(C(=O)[C@@](C)(O)c4ccccc4F)C3)cc2)[nH]1)c1ccccc1F. The third kappa shape index (κ3) is 9.01. The molecular formula is C52H56F2N6O6. The van der Waals surface area contributed by atoms with Crippen LogP contribution < -0.4 is 4.74 Å². The van der Waals surface area contributed by atoms with Crippen LogP contribution in [0.25, 0.3) is 33.6 Å². The Morgan fingerprint density at radius 1 is 0.667 bits per heavy atom. The first-order valence-electron chi connectivity index (χ1n) is 23.1. The summed E-state index contributed by atoms with van der Waals surface area (Å²) in [5.74, 6) is -0.679. The summed E-state index contributed by atoms with van der Waals surface area (Å²) >= 11 is 0. The first-order chi connectivity index (χ1) is 31.9. The van der Waals surface area contributed by atoms with Gasteiger partial charge in [-0.3, -0.25) is 9.59 Å². The molecule has 14 heteroatoms. The van der Waals surface area contributed by atoms with Crippen LogP contribution in [0.2, 0.25) is 0 Å². The summed E-state index contributed by atoms with van der Waals surface area (Å²) in [6.07, 6.45) is 11.0. The molecule has 3 aliphatic rings. The van der Waals surface area contributed by atoms with Crippen LogP contribution in [0.4, 0.5) is 8.78 Å². The number of imidazole rings is 2. The summed E-state index contributed by atoms with van der Waals surface area (Å²) < 4.78 is 42.5. The van der Waals surface area contributed by atoms with Gasteiger partial charge in [0.1, 0.15) is 29.0 Å². The lowest BCUT2D eigenvalue weighted by molar-refractivity contribution is -0.152. The molecule has 2 saturated heterocycles. The molecule has 3 aliphatic heterocycles. The number of halogens is 2. The van der Waals surface area contributed by atoms with E-state index in [-0.39, 0.29) is 23.8 Å². The topological polar surface area (TPSA) is 157 Å². The number of hydrogen-bond donors (Lipinski definition) is 4. The summed E-state index contributed by atoms with van der Waals surface area (Å²) in [6.45, 7) is 4.42. The summed E-state index contributed by atoms with van der Waals surface area (Å²) in [6, 6.07) is 24.8. The minimum atomic E-state index is -2.12. The van der Waals surface area contributed by atoms with Crippen LogP contribution in [0.15, 0.2) is 103 Å². The monoisotopic (exact) mass is 898 g/mol. The van der Waals surface area contributed by atoms with Crippen LogP contribution in [-0.4, -0.2) is 84.2 Å². The van der Waals surface area contributed by atoms with E-state index in [2.05, 4.69) is 15.0 Å². The molecule has 12 nitrogen and oxygen atoms in total. The number of rotatable bonds is 7. The molecule has 2 amide bonds. The molecule has 6 aromatic rings. The number of carbonyl (C=O) groups excluding carboxylic acids is 2. The summed E-state index contributed by atoms with van der Waals surface area (Å²) in [5, 5.41) is 22.8. The molecule has 5 atom stereocenters. The lowest BCUT2D eigenvalue weighted by Gasteiger charge is -2.31. The van der Waals surface area contributed by atoms with Gasteiger partial charge in [-0.2, -0.15) is 0 Å². The van der Waals surface area contributed by atoms with Crippen molar-refractivity contribution in [1.82, 2.24) is 29.7 Å². The van der Waals surface area contributed by atoms with E-state index in [1.165, 1.54) is 50.2 Å². The zero-order valence-corrected chi connectivity index (χ0v) is 37.3. The maximum atomic E-state index is 15.0. The minimum absolute atomic E-state index is 0.0629. The first-order valence-corrected chi connectivity index (χ1v) is 23.1. The number of fused-ring (bicyclic) bond motifs is 7. The molecule has 4 aromatic carbocycles. The number of carbonyl (C=O) groups is 2. The van der Waals surface area contributed by atoms with Crippen LogP contribution >= 0.6 is 0 Å². The number of hydrogen-bond acceptors (Lipinski definition) is 8. The van der Waals surface area contributed by atoms with Crippen molar-refractivity contribution in [3.63, 3.8) is 0 Å². The number of H-pyrrole nitrogens is 2. The molecule has 2 fully saturated rings. The number of ether oxygens (including phenoxy) is 2. The molecule has 4 bridgehead atoms. The van der Waals surface area contributed by atoms with Crippen LogP contribution in [-0.2, 0) is 25.5 Å². The lowest BCUT2D eigenvalue weighted by atomic mass is 9.93. The minimum Gasteiger partial charge on any atom is -0.493 e. The Balaban J connectivity index is 0.955. The Labute approximate surface area is 383 Å². The number of benzene rings is 4. The zero-order valence-electron chi connectivity index (χ0n) is 37.3. The van der Waals surface area contributed by atoms with Gasteiger partial charge < -0.3 is 39.5 Å². The van der Waals surface area contributed by atoms with Crippen molar-refractivity contribution in [2.24, 2.45) is 0 Å². The van der Waals surface area contributed by atoms with Crippen molar-refractivity contribution in [1.29, 1.82) is 0 Å². The fourth-order valence-corrected chi connectivity index (χ4v) is 9.72. The molecule has 0 spiro atoms. The van der Waals surface area contributed by atoms with Crippen LogP contribution in [0.1, 0.15) is 106 Å². The highest BCUT2D eigenvalue weighted by Gasteiger charge is 2.47. The van der Waals surface area contributed by atoms with Crippen LogP contribution in [0.3, 0.4) is 0 Å². The fourth-order valence-electron chi connectivity index (χ4n) is 9.72. The Morgan fingerprint density at radius 3 is 1.91 bits per heavy atom. The number of amides is 2. The van der Waals surface area contributed by atoms with Crippen molar-refractivity contribution in [2.45, 2.75) is 101 Å². The smallest absolute Gasteiger partial charge is 0.259 e. The number of aliphatic hydroxyl groups is 2. The number of aromatic amines is 2. The molecule has 9 rings (SSSR count). The highest BCUT2D eigenvalue weighted by Crippen LogP contribution is 2.41. The Kier molecular flexibility index (Phi) is 12.9. The quantitative estimate of drug-likeness (QED) is 0.124. The van der Waals surface area contributed by atoms with E-state index in [4.69, 9.17) is 14.5 Å². The number of aromatic nitrogens is 4. The summed E-state index contributed by atoms with van der Waals surface area (Å²) in [7, 11) is 0. The van der Waals surface area contributed by atoms with Crippen molar-refractivity contribution >= 4 is 11.8 Å². The molecule has 2 aromatic heterocycles. The molecule has 0 saturated carbocycles. The number of nitrogens with one attached hydrogen (secondary N) is 2. The molecular weight excluding hydrogens is 843 g/mol. The van der Waals surface area contributed by atoms with Crippen LogP contribution in [0.5, 0.6) is 5.75 Å². The van der Waals surface area contributed by atoms with Gasteiger partial charge in [0.2, 0.25) is 0 Å². The Hall–Kier alpha value is -6.22. The van der Waals surface area contributed by atoms with Crippen molar-refractivity contribution < 1.29 is 38.1 Å². The van der Waals surface area contributed by atoms with Gasteiger partial charge in [0.25, 0.3) is 11.8 Å². The highest BCUT2D eigenvalue weighted by molar-refractivity contribution is 5.87. The highest BCUT2D eigenvalue weighted by atomic mass is 19.1. The van der Waals surface area contributed by atoms with E-state index in [0.717, 1.165) is 72.9 Å². The molecule has 5 heterocycles. The van der Waals surface area contributed by atoms with Crippen molar-refractivity contribution in [3.05, 3.63) is 138 Å². The molecule has 66 heavy (non-hydrogen) atoms. The van der Waals surface area contributed by atoms with E-state index < -0.39 is 46.7 Å². The molecule has 0 unspecified atom stereocenters. The van der Waals surface area contributed by atoms with Gasteiger partial charge in [0, 0.05) is 42.8 Å². The molecule has 0 aliphatic carbocycles. The second-order valence-corrected chi connectivity index (χ2v) is 18.1. The van der Waals surface area contributed by atoms with Gasteiger partial charge in [0.15, 0.2) is 11.2 Å². The van der Waals surface area contributed by atoms with Gasteiger partial charge in [-0.05, 0) is 80.5 Å². The van der Waals surface area contributed by atoms with Gasteiger partial charge in [0.05, 0.1) is 48.6 Å². The zero-order chi connectivity index (χ0) is 46.0. The predicted molar refractivity (Wildman–Crippen MR) is 245 cm³/mol. The van der Waals surface area contributed by atoms with E-state index in [9.17, 15) is 28.6 Å². The van der Waals surface area contributed by atoms with Gasteiger partial charge in [-0.25, -0.2) is 18.7 Å².